The summed E-state index contributed by atoms with van der Waals surface area (Å²) in [5.41, 5.74) is 2.55. The van der Waals surface area contributed by atoms with Crippen LogP contribution in [-0.2, 0) is 11.3 Å². The largest absolute Gasteiger partial charge is 0.457 e. The lowest BCUT2D eigenvalue weighted by atomic mass is 10.2. The van der Waals surface area contributed by atoms with Crippen molar-refractivity contribution in [1.29, 1.82) is 0 Å². The van der Waals surface area contributed by atoms with Crippen molar-refractivity contribution in [3.63, 3.8) is 0 Å². The van der Waals surface area contributed by atoms with Crippen LogP contribution < -0.4 is 0 Å². The van der Waals surface area contributed by atoms with Crippen LogP contribution in [0.1, 0.15) is 15.9 Å². The van der Waals surface area contributed by atoms with Gasteiger partial charge in [-0.2, -0.15) is 0 Å². The lowest BCUT2D eigenvalue weighted by molar-refractivity contribution is 0.0472. The molecule has 1 N–H and O–H groups in total. The summed E-state index contributed by atoms with van der Waals surface area (Å²) in [5, 5.41) is 10.1. The van der Waals surface area contributed by atoms with Crippen LogP contribution in [0.25, 0.3) is 11.0 Å². The molecule has 1 heterocycles. The van der Waals surface area contributed by atoms with Crippen LogP contribution in [0.2, 0.25) is 0 Å². The highest BCUT2D eigenvalue weighted by Crippen LogP contribution is 2.11. The van der Waals surface area contributed by atoms with E-state index in [0.717, 1.165) is 11.1 Å². The minimum absolute atomic E-state index is 0.240. The number of nitrogens with zero attached hydrogens (tertiary/aromatic N) is 2. The summed E-state index contributed by atoms with van der Waals surface area (Å²) in [6, 6.07) is 15.7. The number of ether oxygens (including phenoxy) is 1. The molecule has 19 heavy (non-hydrogen) atoms. The molecule has 1 radical (unpaired) electrons. The van der Waals surface area contributed by atoms with Crippen molar-refractivity contribution in [1.82, 2.24) is 15.4 Å². The number of nitrogens with one attached hydrogen (secondary N) is 1. The molecule has 0 aliphatic rings. The molecule has 0 saturated carbocycles. The zero-order chi connectivity index (χ0) is 13.1. The van der Waals surface area contributed by atoms with Gasteiger partial charge in [-0.05, 0) is 17.7 Å². The molecule has 0 unspecified atom stereocenters. The van der Waals surface area contributed by atoms with Crippen LogP contribution in [-0.4, -0.2) is 21.4 Å². The third-order valence-electron chi connectivity index (χ3n) is 2.68. The Bertz CT molecular complexity index is 707. The molecule has 0 saturated heterocycles. The second kappa shape index (κ2) is 4.89. The van der Waals surface area contributed by atoms with Gasteiger partial charge in [0, 0.05) is 6.07 Å². The molecular weight excluding hydrogens is 242 g/mol. The summed E-state index contributed by atoms with van der Waals surface area (Å²) in [5.74, 6) is -0.422. The van der Waals surface area contributed by atoms with Crippen molar-refractivity contribution in [2.45, 2.75) is 6.61 Å². The van der Waals surface area contributed by atoms with Crippen molar-refractivity contribution in [2.24, 2.45) is 0 Å². The van der Waals surface area contributed by atoms with Crippen molar-refractivity contribution in [2.75, 3.05) is 0 Å². The van der Waals surface area contributed by atoms with E-state index in [-0.39, 0.29) is 6.61 Å². The van der Waals surface area contributed by atoms with Crippen LogP contribution >= 0.6 is 0 Å². The number of carbonyl (C=O) groups excluding carboxylic acids is 1. The van der Waals surface area contributed by atoms with E-state index in [1.165, 1.54) is 0 Å². The highest BCUT2D eigenvalue weighted by atomic mass is 16.5. The van der Waals surface area contributed by atoms with Gasteiger partial charge in [0.15, 0.2) is 0 Å². The maximum absolute atomic E-state index is 11.9. The summed E-state index contributed by atoms with van der Waals surface area (Å²) in [4.78, 5) is 11.9. The van der Waals surface area contributed by atoms with E-state index in [2.05, 4.69) is 21.5 Å². The van der Waals surface area contributed by atoms with Crippen molar-refractivity contribution in [3.05, 3.63) is 59.7 Å². The smallest absolute Gasteiger partial charge is 0.339 e. The Morgan fingerprint density at radius 3 is 2.89 bits per heavy atom. The van der Waals surface area contributed by atoms with Gasteiger partial charge in [0.05, 0.1) is 11.1 Å². The first-order valence-electron chi connectivity index (χ1n) is 5.77. The van der Waals surface area contributed by atoms with E-state index in [0.29, 0.717) is 11.1 Å². The summed E-state index contributed by atoms with van der Waals surface area (Å²) >= 11 is 0. The molecule has 3 aromatic rings. The molecule has 3 rings (SSSR count). The number of benzene rings is 2. The van der Waals surface area contributed by atoms with E-state index in [9.17, 15) is 4.79 Å². The van der Waals surface area contributed by atoms with Gasteiger partial charge in [0.1, 0.15) is 12.1 Å². The van der Waals surface area contributed by atoms with Gasteiger partial charge in [-0.3, -0.25) is 5.10 Å². The van der Waals surface area contributed by atoms with Gasteiger partial charge in [-0.25, -0.2) is 4.79 Å². The minimum atomic E-state index is -0.422. The average Bonchev–Trinajstić information content (AvgIpc) is 2.93. The molecule has 1 aromatic heterocycles. The Labute approximate surface area is 109 Å². The van der Waals surface area contributed by atoms with Gasteiger partial charge >= 0.3 is 5.97 Å². The predicted molar refractivity (Wildman–Crippen MR) is 68.3 cm³/mol. The van der Waals surface area contributed by atoms with Crippen LogP contribution in [0.3, 0.4) is 0 Å². The second-order valence-corrected chi connectivity index (χ2v) is 4.01. The second-order valence-electron chi connectivity index (χ2n) is 4.01. The quantitative estimate of drug-likeness (QED) is 0.725. The molecule has 2 aromatic carbocycles. The first kappa shape index (κ1) is 11.4. The Hall–Kier alpha value is -2.69. The number of hydrogen-bond donors (Lipinski definition) is 1. The lowest BCUT2D eigenvalue weighted by Gasteiger charge is -2.04. The molecule has 0 fully saturated rings. The molecule has 0 bridgehead atoms. The molecular formula is C14H10N3O2. The number of H-pyrrole nitrogens is 1. The zero-order valence-electron chi connectivity index (χ0n) is 9.96. The van der Waals surface area contributed by atoms with Crippen molar-refractivity contribution < 1.29 is 9.53 Å². The predicted octanol–water partition coefficient (Wildman–Crippen LogP) is 2.12. The maximum atomic E-state index is 11.9. The fourth-order valence-corrected chi connectivity index (χ4v) is 1.70. The van der Waals surface area contributed by atoms with E-state index >= 15 is 0 Å². The van der Waals surface area contributed by atoms with E-state index in [1.807, 2.05) is 30.3 Å². The molecule has 93 valence electrons. The van der Waals surface area contributed by atoms with Crippen molar-refractivity contribution >= 4 is 17.0 Å². The number of aromatic amines is 1. The number of rotatable bonds is 3. The maximum Gasteiger partial charge on any atom is 0.339 e. The van der Waals surface area contributed by atoms with E-state index < -0.39 is 5.97 Å². The zero-order valence-corrected chi connectivity index (χ0v) is 9.96. The molecule has 0 aliphatic carbocycles. The number of hydrogen-bond acceptors (Lipinski definition) is 4. The Balaban J connectivity index is 1.73. The lowest BCUT2D eigenvalue weighted by Crippen LogP contribution is -2.05. The van der Waals surface area contributed by atoms with Crippen LogP contribution in [0, 0.1) is 6.07 Å². The van der Waals surface area contributed by atoms with Crippen LogP contribution in [0.4, 0.5) is 0 Å². The number of esters is 1. The Kier molecular flexibility index (Phi) is 2.94. The number of fused-ring (bicyclic) bond motifs is 1. The first-order chi connectivity index (χ1) is 9.33. The van der Waals surface area contributed by atoms with Crippen LogP contribution in [0.5, 0.6) is 0 Å². The minimum Gasteiger partial charge on any atom is -0.457 e. The molecule has 0 amide bonds. The molecule has 5 nitrogen and oxygen atoms in total. The summed E-state index contributed by atoms with van der Waals surface area (Å²) in [6.45, 7) is 0.240. The third-order valence-corrected chi connectivity index (χ3v) is 2.68. The number of aromatic nitrogens is 3. The fourth-order valence-electron chi connectivity index (χ4n) is 1.70. The van der Waals surface area contributed by atoms with Gasteiger partial charge in [-0.1, -0.05) is 35.5 Å². The summed E-state index contributed by atoms with van der Waals surface area (Å²) in [7, 11) is 0. The fraction of sp³-hybridized carbons (Fsp3) is 0.0714. The molecule has 0 aliphatic heterocycles. The summed E-state index contributed by atoms with van der Waals surface area (Å²) in [6.07, 6.45) is 0. The highest BCUT2D eigenvalue weighted by Gasteiger charge is 2.10. The van der Waals surface area contributed by atoms with Crippen LogP contribution in [0.15, 0.2) is 42.5 Å². The van der Waals surface area contributed by atoms with Crippen molar-refractivity contribution in [3.8, 4) is 0 Å². The standard InChI is InChI=1S/C14H10N3O2/c18-14(19-9-10-4-2-1-3-5-10)11-6-7-12-13(8-11)16-17-15-12/h1-7H,9H2,(H,15,16,17). The average molecular weight is 252 g/mol. The topological polar surface area (TPSA) is 67.9 Å². The Morgan fingerprint density at radius 2 is 2.05 bits per heavy atom. The third kappa shape index (κ3) is 2.44. The number of carbonyl (C=O) groups is 1. The van der Waals surface area contributed by atoms with Gasteiger partial charge in [0.25, 0.3) is 0 Å². The SMILES string of the molecule is O=C(OCc1ccccc1)c1[c]c2nn[nH]c2cc1. The van der Waals surface area contributed by atoms with Gasteiger partial charge in [-0.15, -0.1) is 5.10 Å². The molecule has 0 atom stereocenters. The van der Waals surface area contributed by atoms with Gasteiger partial charge < -0.3 is 4.74 Å². The first-order valence-corrected chi connectivity index (χ1v) is 5.77. The van der Waals surface area contributed by atoms with E-state index in [1.54, 1.807) is 12.1 Å². The molecule has 0 spiro atoms. The monoisotopic (exact) mass is 252 g/mol. The molecule has 5 heteroatoms. The normalized spacial score (nSPS) is 10.5. The highest BCUT2D eigenvalue weighted by molar-refractivity contribution is 5.92. The summed E-state index contributed by atoms with van der Waals surface area (Å²) < 4.78 is 5.21. The Morgan fingerprint density at radius 1 is 1.21 bits per heavy atom. The van der Waals surface area contributed by atoms with Gasteiger partial charge in [0.2, 0.25) is 0 Å². The van der Waals surface area contributed by atoms with E-state index in [4.69, 9.17) is 4.74 Å².